The topological polar surface area (TPSA) is 93.1 Å². The highest BCUT2D eigenvalue weighted by Crippen LogP contribution is 2.35. The zero-order valence-electron chi connectivity index (χ0n) is 13.1. The van der Waals surface area contributed by atoms with Gasteiger partial charge in [-0.05, 0) is 16.4 Å². The minimum atomic E-state index is -0.628. The number of aliphatic hydroxyl groups is 1. The van der Waals surface area contributed by atoms with Gasteiger partial charge in [0.05, 0.1) is 25.4 Å². The van der Waals surface area contributed by atoms with Crippen LogP contribution in [0.25, 0.3) is 4.96 Å². The predicted octanol–water partition coefficient (Wildman–Crippen LogP) is 2.69. The van der Waals surface area contributed by atoms with Crippen LogP contribution in [0, 0.1) is 10.1 Å². The number of nitro groups is 1. The Kier molecular flexibility index (Phi) is 4.42. The highest BCUT2D eigenvalue weighted by Gasteiger charge is 2.34. The summed E-state index contributed by atoms with van der Waals surface area (Å²) < 4.78 is 7.06. The van der Waals surface area contributed by atoms with Gasteiger partial charge in [0.1, 0.15) is 6.20 Å². The van der Waals surface area contributed by atoms with Crippen LogP contribution in [0.3, 0.4) is 0 Å². The number of thiophene rings is 1. The number of thiazole rings is 1. The van der Waals surface area contributed by atoms with Crippen molar-refractivity contribution in [2.45, 2.75) is 18.6 Å². The van der Waals surface area contributed by atoms with Gasteiger partial charge in [0.2, 0.25) is 5.82 Å². The highest BCUT2D eigenvalue weighted by atomic mass is 32.1. The molecule has 1 aliphatic rings. The molecule has 4 rings (SSSR count). The zero-order chi connectivity index (χ0) is 17.4. The zero-order valence-corrected chi connectivity index (χ0v) is 14.8. The van der Waals surface area contributed by atoms with Gasteiger partial charge in [-0.2, -0.15) is 9.38 Å². The van der Waals surface area contributed by atoms with Crippen molar-refractivity contribution in [1.82, 2.24) is 9.38 Å². The molecule has 1 saturated heterocycles. The van der Waals surface area contributed by atoms with Gasteiger partial charge in [-0.1, -0.05) is 17.4 Å². The Morgan fingerprint density at radius 1 is 1.48 bits per heavy atom. The molecule has 0 aromatic carbocycles. The van der Waals surface area contributed by atoms with Gasteiger partial charge in [0, 0.05) is 23.2 Å². The summed E-state index contributed by atoms with van der Waals surface area (Å²) in [6, 6.07) is 3.61. The fourth-order valence-electron chi connectivity index (χ4n) is 3.11. The van der Waals surface area contributed by atoms with E-state index in [2.05, 4.69) is 4.98 Å². The summed E-state index contributed by atoms with van der Waals surface area (Å²) in [5.74, 6) is 0.317. The maximum Gasteiger partial charge on any atom is 0.373 e. The molecule has 2 unspecified atom stereocenters. The summed E-state index contributed by atoms with van der Waals surface area (Å²) in [6.45, 7) is 1.40. The fraction of sp³-hybridized carbons (Fsp3) is 0.400. The number of rotatable bonds is 5. The quantitative estimate of drug-likeness (QED) is 0.540. The number of nitrogens with zero attached hydrogens (tertiary/aromatic N) is 4. The monoisotopic (exact) mass is 380 g/mol. The van der Waals surface area contributed by atoms with E-state index in [-0.39, 0.29) is 11.9 Å². The van der Waals surface area contributed by atoms with Gasteiger partial charge in [0.15, 0.2) is 0 Å². The molecular formula is C15H16N4O4S2. The van der Waals surface area contributed by atoms with Crippen LogP contribution in [-0.4, -0.2) is 45.2 Å². The normalized spacial score (nSPS) is 19.4. The molecule has 3 aromatic heterocycles. The molecule has 3 aromatic rings. The summed E-state index contributed by atoms with van der Waals surface area (Å²) in [4.78, 5) is 19.0. The van der Waals surface area contributed by atoms with E-state index < -0.39 is 11.0 Å². The first-order valence-corrected chi connectivity index (χ1v) is 9.57. The molecule has 0 aliphatic carbocycles. The summed E-state index contributed by atoms with van der Waals surface area (Å²) in [6.07, 6.45) is 1.46. The van der Waals surface area contributed by atoms with Crippen LogP contribution < -0.4 is 4.90 Å². The smallest absolute Gasteiger partial charge is 0.373 e. The molecule has 1 fully saturated rings. The van der Waals surface area contributed by atoms with Gasteiger partial charge in [-0.15, -0.1) is 11.3 Å². The molecule has 0 bridgehead atoms. The van der Waals surface area contributed by atoms with Crippen molar-refractivity contribution in [3.8, 4) is 0 Å². The molecule has 0 amide bonds. The van der Waals surface area contributed by atoms with E-state index in [1.165, 1.54) is 27.1 Å². The third-order valence-electron chi connectivity index (χ3n) is 4.26. The Labute approximate surface area is 151 Å². The second-order valence-corrected chi connectivity index (χ2v) is 7.61. The van der Waals surface area contributed by atoms with Gasteiger partial charge in [-0.25, -0.2) is 0 Å². The third-order valence-corrected chi connectivity index (χ3v) is 5.99. The van der Waals surface area contributed by atoms with Crippen molar-refractivity contribution >= 4 is 39.3 Å². The lowest BCUT2D eigenvalue weighted by Crippen LogP contribution is -2.46. The lowest BCUT2D eigenvalue weighted by molar-refractivity contribution is -0.389. The number of aromatic nitrogens is 2. The van der Waals surface area contributed by atoms with Crippen molar-refractivity contribution in [3.63, 3.8) is 0 Å². The molecule has 0 radical (unpaired) electrons. The Balaban J connectivity index is 1.66. The molecule has 1 aliphatic heterocycles. The summed E-state index contributed by atoms with van der Waals surface area (Å²) in [5.41, 5.74) is 0. The summed E-state index contributed by atoms with van der Waals surface area (Å²) >= 11 is 2.85. The minimum Gasteiger partial charge on any atom is -0.387 e. The van der Waals surface area contributed by atoms with Crippen molar-refractivity contribution in [3.05, 3.63) is 44.1 Å². The maximum absolute atomic E-state index is 11.6. The first-order chi connectivity index (χ1) is 12.1. The fourth-order valence-corrected chi connectivity index (χ4v) is 4.54. The van der Waals surface area contributed by atoms with E-state index in [9.17, 15) is 15.2 Å². The predicted molar refractivity (Wildman–Crippen MR) is 95.6 cm³/mol. The number of hydrogen-bond acceptors (Lipinski definition) is 8. The lowest BCUT2D eigenvalue weighted by Gasteiger charge is -2.36. The molecule has 1 N–H and O–H groups in total. The molecule has 4 heterocycles. The van der Waals surface area contributed by atoms with Crippen LogP contribution >= 0.6 is 22.7 Å². The van der Waals surface area contributed by atoms with Crippen LogP contribution in [0.5, 0.6) is 0 Å². The van der Waals surface area contributed by atoms with Crippen LogP contribution in [0.15, 0.2) is 29.1 Å². The van der Waals surface area contributed by atoms with Crippen molar-refractivity contribution in [2.75, 3.05) is 24.7 Å². The second-order valence-electron chi connectivity index (χ2n) is 5.76. The number of hydrogen-bond donors (Lipinski definition) is 1. The lowest BCUT2D eigenvalue weighted by atomic mass is 10.1. The molecule has 2 atom stereocenters. The Morgan fingerprint density at radius 3 is 3.12 bits per heavy atom. The van der Waals surface area contributed by atoms with Crippen molar-refractivity contribution in [2.24, 2.45) is 0 Å². The SMILES string of the molecule is O=[N+]([O-])c1c(N2CCOCC2CC(O)c2cccs2)nc2sccn12. The summed E-state index contributed by atoms with van der Waals surface area (Å²) in [5, 5.41) is 25.8. The maximum atomic E-state index is 11.6. The van der Waals surface area contributed by atoms with E-state index >= 15 is 0 Å². The van der Waals surface area contributed by atoms with Crippen LogP contribution in [-0.2, 0) is 4.74 Å². The van der Waals surface area contributed by atoms with Crippen molar-refractivity contribution < 1.29 is 14.8 Å². The first kappa shape index (κ1) is 16.5. The first-order valence-electron chi connectivity index (χ1n) is 7.81. The van der Waals surface area contributed by atoms with E-state index in [0.29, 0.717) is 37.0 Å². The highest BCUT2D eigenvalue weighted by molar-refractivity contribution is 7.15. The van der Waals surface area contributed by atoms with E-state index in [4.69, 9.17) is 4.74 Å². The molecule has 132 valence electrons. The van der Waals surface area contributed by atoms with Crippen molar-refractivity contribution in [1.29, 1.82) is 0 Å². The van der Waals surface area contributed by atoms with Gasteiger partial charge >= 0.3 is 5.82 Å². The average molecular weight is 380 g/mol. The van der Waals surface area contributed by atoms with Crippen LogP contribution in [0.4, 0.5) is 11.6 Å². The number of fused-ring (bicyclic) bond motifs is 1. The Morgan fingerprint density at radius 2 is 2.36 bits per heavy atom. The second kappa shape index (κ2) is 6.71. The van der Waals surface area contributed by atoms with Gasteiger partial charge in [0.25, 0.3) is 4.96 Å². The standard InChI is InChI=1S/C15H16N4O4S2/c20-11(12-2-1-6-24-12)8-10-9-23-5-3-17(10)13-14(19(21)22)18-4-7-25-15(18)16-13/h1-2,4,6-7,10-11,20H,3,5,8-9H2. The van der Waals surface area contributed by atoms with E-state index in [0.717, 1.165) is 4.88 Å². The molecular weight excluding hydrogens is 364 g/mol. The van der Waals surface area contributed by atoms with Gasteiger partial charge in [-0.3, -0.25) is 0 Å². The molecule has 0 saturated carbocycles. The number of morpholine rings is 1. The largest absolute Gasteiger partial charge is 0.387 e. The number of ether oxygens (including phenoxy) is 1. The molecule has 10 heteroatoms. The van der Waals surface area contributed by atoms with Crippen LogP contribution in [0.1, 0.15) is 17.4 Å². The molecule has 8 nitrogen and oxygen atoms in total. The minimum absolute atomic E-state index is 0.0336. The van der Waals surface area contributed by atoms with Crippen LogP contribution in [0.2, 0.25) is 0 Å². The van der Waals surface area contributed by atoms with Gasteiger partial charge < -0.3 is 24.9 Å². The number of anilines is 1. The molecule has 0 spiro atoms. The average Bonchev–Trinajstić information content (AvgIpc) is 3.31. The third kappa shape index (κ3) is 3.01. The van der Waals surface area contributed by atoms with E-state index in [1.54, 1.807) is 11.6 Å². The molecule has 25 heavy (non-hydrogen) atoms. The number of aliphatic hydroxyl groups excluding tert-OH is 1. The Bertz CT molecular complexity index is 875. The Hall–Kier alpha value is -2.01. The number of imidazole rings is 1. The van der Waals surface area contributed by atoms with E-state index in [1.807, 2.05) is 22.4 Å². The summed E-state index contributed by atoms with van der Waals surface area (Å²) in [7, 11) is 0.